The molecular formula is C28H48O. The van der Waals surface area contributed by atoms with Crippen LogP contribution in [0.15, 0.2) is 11.6 Å². The fraction of sp³-hybridized carbons (Fsp3) is 0.929. The van der Waals surface area contributed by atoms with Gasteiger partial charge in [-0.2, -0.15) is 0 Å². The summed E-state index contributed by atoms with van der Waals surface area (Å²) >= 11 is 0. The molecule has 4 rings (SSSR count). The van der Waals surface area contributed by atoms with E-state index >= 15 is 0 Å². The number of hydrogen-bond acceptors (Lipinski definition) is 1. The van der Waals surface area contributed by atoms with Crippen LogP contribution in [0.5, 0.6) is 0 Å². The normalized spacial score (nSPS) is 47.9. The highest BCUT2D eigenvalue weighted by molar-refractivity contribution is 5.27. The lowest BCUT2D eigenvalue weighted by Crippen LogP contribution is -2.55. The van der Waals surface area contributed by atoms with E-state index in [0.717, 1.165) is 42.4 Å². The van der Waals surface area contributed by atoms with E-state index in [9.17, 15) is 5.11 Å². The third kappa shape index (κ3) is 3.37. The summed E-state index contributed by atoms with van der Waals surface area (Å²) in [7, 11) is 0. The van der Waals surface area contributed by atoms with Gasteiger partial charge in [-0.3, -0.25) is 0 Å². The lowest BCUT2D eigenvalue weighted by atomic mass is 9.42. The van der Waals surface area contributed by atoms with Gasteiger partial charge < -0.3 is 5.11 Å². The third-order valence-electron chi connectivity index (χ3n) is 11.1. The van der Waals surface area contributed by atoms with Gasteiger partial charge in [0.1, 0.15) is 0 Å². The first-order valence-corrected chi connectivity index (χ1v) is 13.0. The molecule has 0 spiro atoms. The molecule has 166 valence electrons. The molecule has 0 aromatic heterocycles. The fourth-order valence-corrected chi connectivity index (χ4v) is 9.04. The fourth-order valence-electron chi connectivity index (χ4n) is 9.04. The van der Waals surface area contributed by atoms with E-state index in [0.29, 0.717) is 16.2 Å². The van der Waals surface area contributed by atoms with Crippen molar-refractivity contribution in [2.45, 2.75) is 118 Å². The lowest BCUT2D eigenvalue weighted by Gasteiger charge is -2.63. The summed E-state index contributed by atoms with van der Waals surface area (Å²) in [6.07, 6.45) is 17.0. The number of hydrogen-bond donors (Lipinski definition) is 1. The van der Waals surface area contributed by atoms with E-state index in [2.05, 4.69) is 47.6 Å². The molecule has 3 fully saturated rings. The summed E-state index contributed by atoms with van der Waals surface area (Å²) in [6, 6.07) is 0. The van der Waals surface area contributed by atoms with Crippen LogP contribution in [0.25, 0.3) is 0 Å². The topological polar surface area (TPSA) is 20.2 Å². The van der Waals surface area contributed by atoms with Crippen molar-refractivity contribution in [1.29, 1.82) is 0 Å². The molecule has 0 radical (unpaired) electrons. The van der Waals surface area contributed by atoms with Gasteiger partial charge in [0, 0.05) is 0 Å². The summed E-state index contributed by atoms with van der Waals surface area (Å²) in [4.78, 5) is 0. The van der Waals surface area contributed by atoms with Crippen LogP contribution in [0.3, 0.4) is 0 Å². The first-order valence-electron chi connectivity index (χ1n) is 13.0. The lowest BCUT2D eigenvalue weighted by molar-refractivity contribution is -0.114. The molecule has 8 atom stereocenters. The van der Waals surface area contributed by atoms with Gasteiger partial charge in [-0.1, -0.05) is 72.5 Å². The molecule has 4 aliphatic carbocycles. The van der Waals surface area contributed by atoms with E-state index in [1.807, 2.05) is 0 Å². The number of aliphatic hydroxyl groups is 1. The van der Waals surface area contributed by atoms with Crippen molar-refractivity contribution in [2.24, 2.45) is 45.8 Å². The van der Waals surface area contributed by atoms with Crippen molar-refractivity contribution in [3.05, 3.63) is 11.6 Å². The summed E-state index contributed by atoms with van der Waals surface area (Å²) in [5.74, 6) is 4.36. The SMILES string of the molecule is CC(C)CCC[C@@H](C)[C@H]1CC[C@@]2(C)[C@@H]3CC=C4C[C@@H](O)CC[C@]4(C)[C@H]3CC[C@]12C. The maximum Gasteiger partial charge on any atom is 0.0577 e. The van der Waals surface area contributed by atoms with Gasteiger partial charge in [-0.15, -0.1) is 0 Å². The van der Waals surface area contributed by atoms with Crippen LogP contribution in [-0.4, -0.2) is 11.2 Å². The number of rotatable bonds is 5. The van der Waals surface area contributed by atoms with Gasteiger partial charge in [0.2, 0.25) is 0 Å². The quantitative estimate of drug-likeness (QED) is 0.467. The smallest absolute Gasteiger partial charge is 0.0577 e. The minimum atomic E-state index is -0.0853. The van der Waals surface area contributed by atoms with Gasteiger partial charge in [0.15, 0.2) is 0 Å². The predicted molar refractivity (Wildman–Crippen MR) is 124 cm³/mol. The minimum absolute atomic E-state index is 0.0853. The molecule has 3 saturated carbocycles. The molecular weight excluding hydrogens is 352 g/mol. The van der Waals surface area contributed by atoms with Crippen molar-refractivity contribution < 1.29 is 5.11 Å². The molecule has 1 heteroatoms. The van der Waals surface area contributed by atoms with E-state index in [-0.39, 0.29) is 6.10 Å². The van der Waals surface area contributed by atoms with Gasteiger partial charge in [-0.25, -0.2) is 0 Å². The van der Waals surface area contributed by atoms with Crippen molar-refractivity contribution >= 4 is 0 Å². The zero-order chi connectivity index (χ0) is 21.0. The second kappa shape index (κ2) is 7.68. The highest BCUT2D eigenvalue weighted by Crippen LogP contribution is 2.72. The Balaban J connectivity index is 1.55. The van der Waals surface area contributed by atoms with Crippen molar-refractivity contribution in [2.75, 3.05) is 0 Å². The van der Waals surface area contributed by atoms with Gasteiger partial charge in [-0.05, 0) is 97.2 Å². The molecule has 1 nitrogen and oxygen atoms in total. The Morgan fingerprint density at radius 2 is 1.66 bits per heavy atom. The molecule has 0 unspecified atom stereocenters. The van der Waals surface area contributed by atoms with Crippen LogP contribution in [-0.2, 0) is 0 Å². The second-order valence-electron chi connectivity index (χ2n) is 12.8. The Morgan fingerprint density at radius 1 is 0.931 bits per heavy atom. The summed E-state index contributed by atoms with van der Waals surface area (Å²) in [6.45, 7) is 15.3. The van der Waals surface area contributed by atoms with Crippen molar-refractivity contribution in [3.63, 3.8) is 0 Å². The molecule has 0 amide bonds. The van der Waals surface area contributed by atoms with E-state index in [1.165, 1.54) is 57.8 Å². The average molecular weight is 401 g/mol. The third-order valence-corrected chi connectivity index (χ3v) is 11.1. The van der Waals surface area contributed by atoms with Crippen LogP contribution in [0.2, 0.25) is 0 Å². The van der Waals surface area contributed by atoms with E-state index < -0.39 is 0 Å². The second-order valence-corrected chi connectivity index (χ2v) is 12.8. The number of fused-ring (bicyclic) bond motifs is 5. The van der Waals surface area contributed by atoms with Crippen LogP contribution in [0, 0.1) is 45.8 Å². The minimum Gasteiger partial charge on any atom is -0.393 e. The summed E-state index contributed by atoms with van der Waals surface area (Å²) < 4.78 is 0. The van der Waals surface area contributed by atoms with Crippen LogP contribution in [0.1, 0.15) is 112 Å². The Morgan fingerprint density at radius 3 is 2.38 bits per heavy atom. The Kier molecular flexibility index (Phi) is 5.81. The molecule has 0 bridgehead atoms. The zero-order valence-electron chi connectivity index (χ0n) is 20.3. The van der Waals surface area contributed by atoms with Crippen LogP contribution in [0.4, 0.5) is 0 Å². The molecule has 4 aliphatic rings. The highest BCUT2D eigenvalue weighted by atomic mass is 16.3. The average Bonchev–Trinajstić information content (AvgIpc) is 2.93. The maximum absolute atomic E-state index is 10.3. The Labute approximate surface area is 181 Å². The van der Waals surface area contributed by atoms with Gasteiger partial charge in [0.25, 0.3) is 0 Å². The predicted octanol–water partition coefficient (Wildman–Crippen LogP) is 7.78. The summed E-state index contributed by atoms with van der Waals surface area (Å²) in [5, 5.41) is 10.3. The summed E-state index contributed by atoms with van der Waals surface area (Å²) in [5.41, 5.74) is 3.02. The standard InChI is InChI=1S/C28H48O/c1-19(2)8-7-9-20(3)23-13-16-28(6)25-11-10-21-18-22(29)12-15-26(21,4)24(25)14-17-27(23,28)5/h10,19-20,22-25,29H,7-9,11-18H2,1-6H3/t20-,22+,23-,24+,25-,26+,27-,28+/m1/s1. The van der Waals surface area contributed by atoms with Crippen molar-refractivity contribution in [3.8, 4) is 0 Å². The Bertz CT molecular complexity index is 634. The highest BCUT2D eigenvalue weighted by Gasteiger charge is 2.64. The molecule has 0 aliphatic heterocycles. The molecule has 29 heavy (non-hydrogen) atoms. The van der Waals surface area contributed by atoms with Crippen LogP contribution >= 0.6 is 0 Å². The largest absolute Gasteiger partial charge is 0.393 e. The van der Waals surface area contributed by atoms with E-state index in [4.69, 9.17) is 0 Å². The maximum atomic E-state index is 10.3. The van der Waals surface area contributed by atoms with Gasteiger partial charge >= 0.3 is 0 Å². The zero-order valence-corrected chi connectivity index (χ0v) is 20.3. The first-order chi connectivity index (χ1) is 13.6. The molecule has 1 N–H and O–H groups in total. The van der Waals surface area contributed by atoms with Crippen molar-refractivity contribution in [1.82, 2.24) is 0 Å². The Hall–Kier alpha value is -0.300. The van der Waals surface area contributed by atoms with Crippen LogP contribution < -0.4 is 0 Å². The van der Waals surface area contributed by atoms with E-state index in [1.54, 1.807) is 5.57 Å². The molecule has 0 saturated heterocycles. The molecule has 0 aromatic carbocycles. The number of aliphatic hydroxyl groups excluding tert-OH is 1. The number of allylic oxidation sites excluding steroid dienone is 1. The first kappa shape index (κ1) is 21.9. The van der Waals surface area contributed by atoms with Gasteiger partial charge in [0.05, 0.1) is 6.10 Å². The monoisotopic (exact) mass is 400 g/mol. The molecule has 0 aromatic rings. The molecule has 0 heterocycles.